The second kappa shape index (κ2) is 11.0. The summed E-state index contributed by atoms with van der Waals surface area (Å²) in [4.78, 5) is 0. The highest BCUT2D eigenvalue weighted by Gasteiger charge is 2.50. The average molecular weight is 463 g/mol. The molecule has 4 rings (SSSR count). The Morgan fingerprint density at radius 1 is 1.06 bits per heavy atom. The third-order valence-electron chi connectivity index (χ3n) is 9.24. The standard InChI is InChI=1S/C32H46O2/c1-6-7-8-9-12-15-29-30(33-29)16-13-10-11-14-26-20-19-25-18-17-24(2)27-23-31(3,4)28(27)21-22-32(25,5)34-26/h20,25,27-30H,2,6-9,12,15-19,21-23H2,1,3-5H3/t25-,27-,28-,29+,30-,32+/m1/s1. The molecule has 0 amide bonds. The van der Waals surface area contributed by atoms with E-state index in [1.165, 1.54) is 63.4 Å². The highest BCUT2D eigenvalue weighted by molar-refractivity contribution is 5.35. The summed E-state index contributed by atoms with van der Waals surface area (Å²) >= 11 is 0. The molecule has 2 heterocycles. The van der Waals surface area contributed by atoms with Gasteiger partial charge in [-0.2, -0.15) is 0 Å². The van der Waals surface area contributed by atoms with Gasteiger partial charge < -0.3 is 9.47 Å². The van der Waals surface area contributed by atoms with Crippen LogP contribution < -0.4 is 0 Å². The smallest absolute Gasteiger partial charge is 0.167 e. The normalized spacial score (nSPS) is 35.7. The van der Waals surface area contributed by atoms with Crippen LogP contribution in [0.15, 0.2) is 24.0 Å². The van der Waals surface area contributed by atoms with Crippen LogP contribution in [0.25, 0.3) is 0 Å². The van der Waals surface area contributed by atoms with E-state index >= 15 is 0 Å². The summed E-state index contributed by atoms with van der Waals surface area (Å²) in [7, 11) is 0. The minimum atomic E-state index is -0.126. The first-order valence-electron chi connectivity index (χ1n) is 14.0. The molecule has 0 N–H and O–H groups in total. The molecule has 1 saturated heterocycles. The summed E-state index contributed by atoms with van der Waals surface area (Å²) in [5.74, 6) is 15.3. The zero-order valence-corrected chi connectivity index (χ0v) is 22.2. The van der Waals surface area contributed by atoms with Gasteiger partial charge in [-0.3, -0.25) is 0 Å². The van der Waals surface area contributed by atoms with E-state index in [1.54, 1.807) is 0 Å². The van der Waals surface area contributed by atoms with Gasteiger partial charge in [-0.15, -0.1) is 0 Å². The lowest BCUT2D eigenvalue weighted by atomic mass is 9.52. The molecule has 186 valence electrons. The number of rotatable bonds is 7. The molecule has 0 radical (unpaired) electrons. The first kappa shape index (κ1) is 25.5. The third kappa shape index (κ3) is 6.13. The molecule has 0 unspecified atom stereocenters. The van der Waals surface area contributed by atoms with E-state index in [9.17, 15) is 0 Å². The molecule has 0 spiro atoms. The molecular formula is C32H46O2. The first-order valence-corrected chi connectivity index (χ1v) is 14.0. The van der Waals surface area contributed by atoms with Crippen molar-refractivity contribution >= 4 is 0 Å². The van der Waals surface area contributed by atoms with E-state index < -0.39 is 0 Å². The molecular weight excluding hydrogens is 416 g/mol. The van der Waals surface area contributed by atoms with Crippen molar-refractivity contribution in [3.63, 3.8) is 0 Å². The number of fused-ring (bicyclic) bond motifs is 2. The van der Waals surface area contributed by atoms with E-state index in [4.69, 9.17) is 9.47 Å². The van der Waals surface area contributed by atoms with Crippen molar-refractivity contribution in [3.05, 3.63) is 24.0 Å². The van der Waals surface area contributed by atoms with Crippen molar-refractivity contribution in [3.8, 4) is 23.7 Å². The van der Waals surface area contributed by atoms with Crippen LogP contribution in [0.1, 0.15) is 111 Å². The predicted octanol–water partition coefficient (Wildman–Crippen LogP) is 7.98. The molecule has 0 bridgehead atoms. The van der Waals surface area contributed by atoms with Crippen LogP contribution in [-0.2, 0) is 9.47 Å². The molecule has 6 atom stereocenters. The maximum Gasteiger partial charge on any atom is 0.167 e. The molecule has 2 heteroatoms. The number of epoxide rings is 1. The summed E-state index contributed by atoms with van der Waals surface area (Å²) in [6, 6.07) is 0. The van der Waals surface area contributed by atoms with Crippen LogP contribution in [0, 0.1) is 46.9 Å². The zero-order chi connectivity index (χ0) is 24.2. The summed E-state index contributed by atoms with van der Waals surface area (Å²) in [5.41, 5.74) is 1.79. The number of unbranched alkanes of at least 4 members (excludes halogenated alkanes) is 4. The maximum absolute atomic E-state index is 6.57. The Morgan fingerprint density at radius 3 is 2.68 bits per heavy atom. The lowest BCUT2D eigenvalue weighted by molar-refractivity contribution is -0.0642. The highest BCUT2D eigenvalue weighted by Crippen LogP contribution is 2.58. The van der Waals surface area contributed by atoms with Gasteiger partial charge in [0.1, 0.15) is 5.60 Å². The number of hydrogen-bond acceptors (Lipinski definition) is 2. The Balaban J connectivity index is 1.25. The van der Waals surface area contributed by atoms with Crippen molar-refractivity contribution in [2.24, 2.45) is 23.2 Å². The van der Waals surface area contributed by atoms with Gasteiger partial charge in [0.05, 0.1) is 12.2 Å². The minimum absolute atomic E-state index is 0.126. The van der Waals surface area contributed by atoms with E-state index in [1.807, 2.05) is 0 Å². The van der Waals surface area contributed by atoms with Gasteiger partial charge in [0.25, 0.3) is 0 Å². The summed E-state index contributed by atoms with van der Waals surface area (Å²) < 4.78 is 12.3. The lowest BCUT2D eigenvalue weighted by Gasteiger charge is -2.53. The van der Waals surface area contributed by atoms with Crippen LogP contribution in [0.3, 0.4) is 0 Å². The topological polar surface area (TPSA) is 21.8 Å². The van der Waals surface area contributed by atoms with Crippen molar-refractivity contribution in [1.29, 1.82) is 0 Å². The van der Waals surface area contributed by atoms with Crippen molar-refractivity contribution in [2.45, 2.75) is 129 Å². The van der Waals surface area contributed by atoms with Gasteiger partial charge in [-0.1, -0.05) is 70.9 Å². The first-order chi connectivity index (χ1) is 16.3. The second-order valence-corrected chi connectivity index (χ2v) is 12.2. The number of ether oxygens (including phenoxy) is 2. The van der Waals surface area contributed by atoms with E-state index in [-0.39, 0.29) is 5.60 Å². The molecule has 2 saturated carbocycles. The fourth-order valence-electron chi connectivity index (χ4n) is 6.73. The van der Waals surface area contributed by atoms with Gasteiger partial charge in [0.2, 0.25) is 0 Å². The van der Waals surface area contributed by atoms with Crippen LogP contribution >= 0.6 is 0 Å². The fraction of sp³-hybridized carbons (Fsp3) is 0.750. The molecule has 0 aromatic heterocycles. The molecule has 34 heavy (non-hydrogen) atoms. The largest absolute Gasteiger partial charge is 0.479 e. The van der Waals surface area contributed by atoms with Crippen molar-refractivity contribution < 1.29 is 9.47 Å². The summed E-state index contributed by atoms with van der Waals surface area (Å²) in [5, 5.41) is 0. The summed E-state index contributed by atoms with van der Waals surface area (Å²) in [6.45, 7) is 13.9. The van der Waals surface area contributed by atoms with Crippen molar-refractivity contribution in [2.75, 3.05) is 0 Å². The SMILES string of the molecule is C=C1CC[C@@H]2CC=C(C#CC#CC[C@H]3O[C@H]3CCCCCCC)O[C@@]2(C)CC[C@@H]2[C@@H]1CC2(C)C. The lowest BCUT2D eigenvalue weighted by Crippen LogP contribution is -2.46. The Labute approximate surface area is 209 Å². The Hall–Kier alpha value is -1.64. The van der Waals surface area contributed by atoms with Crippen LogP contribution in [-0.4, -0.2) is 17.8 Å². The highest BCUT2D eigenvalue weighted by atomic mass is 16.6. The molecule has 0 aromatic rings. The Kier molecular flexibility index (Phi) is 8.20. The van der Waals surface area contributed by atoms with E-state index in [0.29, 0.717) is 23.5 Å². The maximum atomic E-state index is 6.57. The molecule has 2 nitrogen and oxygen atoms in total. The monoisotopic (exact) mass is 462 g/mol. The fourth-order valence-corrected chi connectivity index (χ4v) is 6.73. The third-order valence-corrected chi connectivity index (χ3v) is 9.24. The van der Waals surface area contributed by atoms with Crippen LogP contribution in [0.2, 0.25) is 0 Å². The molecule has 0 aromatic carbocycles. The van der Waals surface area contributed by atoms with Gasteiger partial charge in [-0.05, 0) is 93.0 Å². The average Bonchev–Trinajstić information content (AvgIpc) is 3.53. The van der Waals surface area contributed by atoms with Gasteiger partial charge in [0, 0.05) is 12.3 Å². The number of allylic oxidation sites excluding steroid dienone is 3. The second-order valence-electron chi connectivity index (χ2n) is 12.2. The van der Waals surface area contributed by atoms with Crippen LogP contribution in [0.4, 0.5) is 0 Å². The zero-order valence-electron chi connectivity index (χ0n) is 22.2. The minimum Gasteiger partial charge on any atom is -0.479 e. The Morgan fingerprint density at radius 2 is 1.88 bits per heavy atom. The molecule has 3 fully saturated rings. The number of hydrogen-bond donors (Lipinski definition) is 0. The quantitative estimate of drug-likeness (QED) is 0.165. The van der Waals surface area contributed by atoms with Gasteiger partial charge in [-0.25, -0.2) is 0 Å². The van der Waals surface area contributed by atoms with Gasteiger partial charge >= 0.3 is 0 Å². The molecule has 4 aliphatic rings. The van der Waals surface area contributed by atoms with Crippen molar-refractivity contribution in [1.82, 2.24) is 0 Å². The summed E-state index contributed by atoms with van der Waals surface area (Å²) in [6.07, 6.45) is 18.6. The molecule has 2 aliphatic heterocycles. The van der Waals surface area contributed by atoms with Crippen LogP contribution in [0.5, 0.6) is 0 Å². The van der Waals surface area contributed by atoms with Gasteiger partial charge in [0.15, 0.2) is 5.76 Å². The Bertz CT molecular complexity index is 887. The van der Waals surface area contributed by atoms with E-state index in [2.05, 4.69) is 64.0 Å². The molecule has 2 aliphatic carbocycles. The predicted molar refractivity (Wildman–Crippen MR) is 141 cm³/mol. The van der Waals surface area contributed by atoms with E-state index in [0.717, 1.165) is 43.3 Å².